The largest absolute Gasteiger partial charge is 0.496 e. The molecule has 2 aliphatic rings. The summed E-state index contributed by atoms with van der Waals surface area (Å²) in [5.41, 5.74) is 4.86. The Labute approximate surface area is 188 Å². The summed E-state index contributed by atoms with van der Waals surface area (Å²) in [4.78, 5) is 14.7. The van der Waals surface area contributed by atoms with Gasteiger partial charge in [-0.15, -0.1) is 11.3 Å². The van der Waals surface area contributed by atoms with Crippen molar-refractivity contribution in [3.05, 3.63) is 86.2 Å². The van der Waals surface area contributed by atoms with Crippen LogP contribution in [-0.2, 0) is 4.79 Å². The van der Waals surface area contributed by atoms with Crippen LogP contribution in [0.3, 0.4) is 0 Å². The van der Waals surface area contributed by atoms with Crippen LogP contribution < -0.4 is 15.4 Å². The van der Waals surface area contributed by atoms with E-state index < -0.39 is 0 Å². The quantitative estimate of drug-likeness (QED) is 0.449. The number of rotatable bonds is 3. The fraction of sp³-hybridized carbons (Fsp3) is 0.208. The third-order valence-electron chi connectivity index (χ3n) is 5.76. The number of methoxy groups -OCH3 is 1. The van der Waals surface area contributed by atoms with E-state index in [-0.39, 0.29) is 17.7 Å². The molecule has 0 saturated carbocycles. The summed E-state index contributed by atoms with van der Waals surface area (Å²) in [5, 5.41) is 9.29. The number of thiophene rings is 1. The number of nitrogens with one attached hydrogen (secondary N) is 2. The number of allylic oxidation sites excluding steroid dienone is 1. The summed E-state index contributed by atoms with van der Waals surface area (Å²) in [6, 6.07) is 18.1. The van der Waals surface area contributed by atoms with Gasteiger partial charge in [0, 0.05) is 28.5 Å². The Morgan fingerprint density at radius 2 is 1.90 bits per heavy atom. The normalized spacial score (nSPS) is 20.5. The number of anilines is 2. The Morgan fingerprint density at radius 1 is 1.07 bits per heavy atom. The fourth-order valence-electron chi connectivity index (χ4n) is 4.33. The standard InChI is InChI=1S/C24H21BrN2O2S/c1-29-21-9-8-14(11-16(21)25)24-23-19(26-17-5-2-3-6-18(17)27-24)12-15(13-20(23)28)22-7-4-10-30-22/h2-11,15,24,26-27H,12-13H2,1H3/t15-,24-/m1/s1. The van der Waals surface area contributed by atoms with Crippen LogP contribution >= 0.6 is 27.3 Å². The molecule has 0 amide bonds. The van der Waals surface area contributed by atoms with Crippen molar-refractivity contribution in [3.8, 4) is 5.75 Å². The Kier molecular flexibility index (Phi) is 5.13. The van der Waals surface area contributed by atoms with E-state index in [1.54, 1.807) is 18.4 Å². The zero-order chi connectivity index (χ0) is 20.7. The van der Waals surface area contributed by atoms with Crippen LogP contribution in [0.5, 0.6) is 5.75 Å². The molecule has 0 radical (unpaired) electrons. The van der Waals surface area contributed by atoms with E-state index in [9.17, 15) is 4.79 Å². The minimum atomic E-state index is -0.227. The average Bonchev–Trinajstić information content (AvgIpc) is 3.22. The lowest BCUT2D eigenvalue weighted by Crippen LogP contribution is -2.26. The van der Waals surface area contributed by atoms with Crippen molar-refractivity contribution in [3.63, 3.8) is 0 Å². The summed E-state index contributed by atoms with van der Waals surface area (Å²) in [7, 11) is 1.65. The molecule has 4 nitrogen and oxygen atoms in total. The lowest BCUT2D eigenvalue weighted by atomic mass is 9.81. The van der Waals surface area contributed by atoms with Crippen LogP contribution in [0.2, 0.25) is 0 Å². The van der Waals surface area contributed by atoms with Gasteiger partial charge in [0.1, 0.15) is 5.75 Å². The van der Waals surface area contributed by atoms with E-state index in [0.29, 0.717) is 6.42 Å². The number of benzene rings is 2. The number of hydrogen-bond acceptors (Lipinski definition) is 5. The van der Waals surface area contributed by atoms with Crippen LogP contribution in [0, 0.1) is 0 Å². The van der Waals surface area contributed by atoms with E-state index in [1.807, 2.05) is 36.4 Å². The highest BCUT2D eigenvalue weighted by atomic mass is 79.9. The molecule has 0 unspecified atom stereocenters. The first-order valence-electron chi connectivity index (χ1n) is 9.89. The van der Waals surface area contributed by atoms with Gasteiger partial charge in [-0.25, -0.2) is 0 Å². The fourth-order valence-corrected chi connectivity index (χ4v) is 5.72. The summed E-state index contributed by atoms with van der Waals surface area (Å²) in [6.45, 7) is 0. The van der Waals surface area contributed by atoms with Crippen molar-refractivity contribution < 1.29 is 9.53 Å². The topological polar surface area (TPSA) is 50.4 Å². The number of carbonyl (C=O) groups excluding carboxylic acids is 1. The minimum Gasteiger partial charge on any atom is -0.496 e. The first kappa shape index (κ1) is 19.4. The zero-order valence-electron chi connectivity index (χ0n) is 16.4. The smallest absolute Gasteiger partial charge is 0.163 e. The molecule has 2 heterocycles. The maximum absolute atomic E-state index is 13.5. The molecule has 0 fully saturated rings. The Hall–Kier alpha value is -2.57. The first-order valence-corrected chi connectivity index (χ1v) is 11.6. The van der Waals surface area contributed by atoms with Crippen molar-refractivity contribution in [2.45, 2.75) is 24.8 Å². The van der Waals surface area contributed by atoms with E-state index >= 15 is 0 Å². The number of fused-ring (bicyclic) bond motifs is 1. The molecule has 5 rings (SSSR count). The monoisotopic (exact) mass is 480 g/mol. The molecule has 2 aromatic carbocycles. The van der Waals surface area contributed by atoms with Gasteiger partial charge >= 0.3 is 0 Å². The molecule has 2 atom stereocenters. The number of carbonyl (C=O) groups is 1. The van der Waals surface area contributed by atoms with Gasteiger partial charge < -0.3 is 15.4 Å². The number of ether oxygens (including phenoxy) is 1. The molecule has 6 heteroatoms. The number of hydrogen-bond donors (Lipinski definition) is 2. The molecule has 3 aromatic rings. The predicted molar refractivity (Wildman–Crippen MR) is 125 cm³/mol. The predicted octanol–water partition coefficient (Wildman–Crippen LogP) is 6.50. The lowest BCUT2D eigenvalue weighted by molar-refractivity contribution is -0.116. The Bertz CT molecular complexity index is 1140. The van der Waals surface area contributed by atoms with Crippen molar-refractivity contribution >= 4 is 44.4 Å². The van der Waals surface area contributed by atoms with Crippen LogP contribution in [0.15, 0.2) is 75.7 Å². The van der Waals surface area contributed by atoms with Gasteiger partial charge in [0.25, 0.3) is 0 Å². The second-order valence-electron chi connectivity index (χ2n) is 7.58. The van der Waals surface area contributed by atoms with E-state index in [1.165, 1.54) is 4.88 Å². The Balaban J connectivity index is 1.62. The molecule has 1 aliphatic carbocycles. The summed E-state index contributed by atoms with van der Waals surface area (Å²) < 4.78 is 6.27. The molecule has 0 saturated heterocycles. The van der Waals surface area contributed by atoms with Gasteiger partial charge in [-0.1, -0.05) is 24.3 Å². The van der Waals surface area contributed by atoms with Crippen molar-refractivity contribution in [2.24, 2.45) is 0 Å². The van der Waals surface area contributed by atoms with Gasteiger partial charge in [0.05, 0.1) is 29.0 Å². The number of halogens is 1. The molecule has 0 bridgehead atoms. The van der Waals surface area contributed by atoms with Gasteiger partial charge in [-0.2, -0.15) is 0 Å². The molecule has 152 valence electrons. The third kappa shape index (κ3) is 3.44. The van der Waals surface area contributed by atoms with Gasteiger partial charge in [-0.05, 0) is 63.6 Å². The van der Waals surface area contributed by atoms with E-state index in [2.05, 4.69) is 50.1 Å². The van der Waals surface area contributed by atoms with Crippen molar-refractivity contribution in [1.29, 1.82) is 0 Å². The summed E-state index contributed by atoms with van der Waals surface area (Å²) in [5.74, 6) is 1.18. The molecule has 1 aromatic heterocycles. The highest BCUT2D eigenvalue weighted by Crippen LogP contribution is 2.45. The molecule has 30 heavy (non-hydrogen) atoms. The van der Waals surface area contributed by atoms with Crippen LogP contribution in [0.1, 0.15) is 35.2 Å². The molecular weight excluding hydrogens is 460 g/mol. The lowest BCUT2D eigenvalue weighted by Gasteiger charge is -2.29. The van der Waals surface area contributed by atoms with Crippen LogP contribution in [0.4, 0.5) is 11.4 Å². The molecule has 1 aliphatic heterocycles. The van der Waals surface area contributed by atoms with E-state index in [4.69, 9.17) is 4.74 Å². The van der Waals surface area contributed by atoms with Crippen molar-refractivity contribution in [2.75, 3.05) is 17.7 Å². The number of para-hydroxylation sites is 2. The maximum Gasteiger partial charge on any atom is 0.163 e. The van der Waals surface area contributed by atoms with Crippen LogP contribution in [-0.4, -0.2) is 12.9 Å². The second-order valence-corrected chi connectivity index (χ2v) is 9.41. The minimum absolute atomic E-state index is 0.194. The number of Topliss-reactive ketones (excluding diaryl/α,β-unsaturated/α-hetero) is 1. The maximum atomic E-state index is 13.5. The van der Waals surface area contributed by atoms with Gasteiger partial charge in [0.15, 0.2) is 5.78 Å². The Morgan fingerprint density at radius 3 is 2.63 bits per heavy atom. The van der Waals surface area contributed by atoms with Gasteiger partial charge in [0.2, 0.25) is 0 Å². The second kappa shape index (κ2) is 7.93. The highest BCUT2D eigenvalue weighted by molar-refractivity contribution is 9.10. The molecular formula is C24H21BrN2O2S. The van der Waals surface area contributed by atoms with Crippen LogP contribution in [0.25, 0.3) is 0 Å². The summed E-state index contributed by atoms with van der Waals surface area (Å²) >= 11 is 5.32. The SMILES string of the molecule is COc1ccc([C@H]2Nc3ccccc3NC3=C2C(=O)C[C@H](c2cccs2)C3)cc1Br. The first-order chi connectivity index (χ1) is 14.6. The average molecular weight is 481 g/mol. The number of ketones is 1. The van der Waals surface area contributed by atoms with Gasteiger partial charge in [-0.3, -0.25) is 4.79 Å². The highest BCUT2D eigenvalue weighted by Gasteiger charge is 2.36. The third-order valence-corrected chi connectivity index (χ3v) is 7.42. The summed E-state index contributed by atoms with van der Waals surface area (Å²) in [6.07, 6.45) is 1.36. The molecule has 2 N–H and O–H groups in total. The molecule has 0 spiro atoms. The zero-order valence-corrected chi connectivity index (χ0v) is 18.8. The van der Waals surface area contributed by atoms with Crippen molar-refractivity contribution in [1.82, 2.24) is 0 Å². The van der Waals surface area contributed by atoms with E-state index in [0.717, 1.165) is 44.9 Å².